The average Bonchev–Trinajstić information content (AvgIpc) is 2.31. The van der Waals surface area contributed by atoms with Gasteiger partial charge in [-0.25, -0.2) is 0 Å². The van der Waals surface area contributed by atoms with Crippen molar-refractivity contribution in [1.29, 1.82) is 0 Å². The Kier molecular flexibility index (Phi) is 3.92. The molecule has 0 spiro atoms. The third-order valence-corrected chi connectivity index (χ3v) is 3.92. The van der Waals surface area contributed by atoms with Gasteiger partial charge in [-0.1, -0.05) is 18.2 Å². The lowest BCUT2D eigenvalue weighted by Crippen LogP contribution is -2.26. The molecule has 1 aromatic rings. The normalized spacial score (nSPS) is 21.3. The first-order valence-corrected chi connectivity index (χ1v) is 6.58. The van der Waals surface area contributed by atoms with Crippen LogP contribution in [0.4, 0.5) is 5.69 Å². The van der Waals surface area contributed by atoms with E-state index in [1.807, 2.05) is 36.0 Å². The second-order valence-electron chi connectivity index (χ2n) is 3.87. The van der Waals surface area contributed by atoms with Crippen molar-refractivity contribution in [2.45, 2.75) is 25.5 Å². The van der Waals surface area contributed by atoms with Crippen molar-refractivity contribution in [2.24, 2.45) is 0 Å². The van der Waals surface area contributed by atoms with Gasteiger partial charge < -0.3 is 10.4 Å². The maximum Gasteiger partial charge on any atom is 0.0701 e. The third-order valence-electron chi connectivity index (χ3n) is 2.71. The monoisotopic (exact) mass is 223 g/mol. The SMILES string of the molecule is OCc1ccccc1N[C@H]1CCCSC1. The van der Waals surface area contributed by atoms with Crippen LogP contribution in [0.25, 0.3) is 0 Å². The van der Waals surface area contributed by atoms with Crippen LogP contribution in [0.2, 0.25) is 0 Å². The van der Waals surface area contributed by atoms with Crippen molar-refractivity contribution < 1.29 is 5.11 Å². The summed E-state index contributed by atoms with van der Waals surface area (Å²) in [5, 5.41) is 12.7. The van der Waals surface area contributed by atoms with Crippen LogP contribution in [0.1, 0.15) is 18.4 Å². The van der Waals surface area contributed by atoms with Gasteiger partial charge in [0.2, 0.25) is 0 Å². The standard InChI is InChI=1S/C12H17NOS/c14-8-10-4-1-2-6-12(10)13-11-5-3-7-15-9-11/h1-2,4,6,11,13-14H,3,5,7-9H2/t11-/m0/s1. The molecule has 2 nitrogen and oxygen atoms in total. The fourth-order valence-corrected chi connectivity index (χ4v) is 2.95. The molecular formula is C12H17NOS. The van der Waals surface area contributed by atoms with Crippen molar-refractivity contribution in [3.05, 3.63) is 29.8 Å². The summed E-state index contributed by atoms with van der Waals surface area (Å²) in [6.45, 7) is 0.114. The number of anilines is 1. The van der Waals surface area contributed by atoms with Gasteiger partial charge in [0.15, 0.2) is 0 Å². The lowest BCUT2D eigenvalue weighted by molar-refractivity contribution is 0.282. The van der Waals surface area contributed by atoms with Gasteiger partial charge >= 0.3 is 0 Å². The Morgan fingerprint density at radius 2 is 2.27 bits per heavy atom. The molecule has 1 saturated heterocycles. The van der Waals surface area contributed by atoms with Crippen LogP contribution in [-0.2, 0) is 6.61 Å². The first kappa shape index (κ1) is 10.8. The summed E-state index contributed by atoms with van der Waals surface area (Å²) in [5.41, 5.74) is 2.08. The van der Waals surface area contributed by atoms with Crippen molar-refractivity contribution in [2.75, 3.05) is 16.8 Å². The molecule has 15 heavy (non-hydrogen) atoms. The zero-order valence-corrected chi connectivity index (χ0v) is 9.59. The molecule has 2 rings (SSSR count). The molecule has 1 aliphatic heterocycles. The highest BCUT2D eigenvalue weighted by Crippen LogP contribution is 2.22. The van der Waals surface area contributed by atoms with Crippen molar-refractivity contribution in [1.82, 2.24) is 0 Å². The van der Waals surface area contributed by atoms with Crippen LogP contribution in [0.15, 0.2) is 24.3 Å². The Labute approximate surface area is 95.1 Å². The average molecular weight is 223 g/mol. The fourth-order valence-electron chi connectivity index (χ4n) is 1.87. The van der Waals surface area contributed by atoms with E-state index in [-0.39, 0.29) is 6.61 Å². The molecule has 2 N–H and O–H groups in total. The Morgan fingerprint density at radius 3 is 3.00 bits per heavy atom. The minimum atomic E-state index is 0.114. The van der Waals surface area contributed by atoms with E-state index < -0.39 is 0 Å². The molecule has 0 aromatic heterocycles. The van der Waals surface area contributed by atoms with Crippen LogP contribution in [0, 0.1) is 0 Å². The molecule has 1 fully saturated rings. The summed E-state index contributed by atoms with van der Waals surface area (Å²) in [7, 11) is 0. The lowest BCUT2D eigenvalue weighted by Gasteiger charge is -2.24. The van der Waals surface area contributed by atoms with E-state index in [1.165, 1.54) is 24.3 Å². The minimum Gasteiger partial charge on any atom is -0.392 e. The predicted molar refractivity (Wildman–Crippen MR) is 66.3 cm³/mol. The highest BCUT2D eigenvalue weighted by atomic mass is 32.2. The maximum atomic E-state index is 9.20. The van der Waals surface area contributed by atoms with E-state index in [0.717, 1.165) is 11.3 Å². The van der Waals surface area contributed by atoms with Crippen molar-refractivity contribution in [3.63, 3.8) is 0 Å². The lowest BCUT2D eigenvalue weighted by atomic mass is 10.1. The molecule has 1 heterocycles. The number of aliphatic hydroxyl groups excluding tert-OH is 1. The molecule has 0 bridgehead atoms. The Hall–Kier alpha value is -0.670. The Bertz CT molecular complexity index is 310. The number of thioether (sulfide) groups is 1. The predicted octanol–water partition coefficient (Wildman–Crippen LogP) is 2.49. The fraction of sp³-hybridized carbons (Fsp3) is 0.500. The van der Waals surface area contributed by atoms with Crippen molar-refractivity contribution >= 4 is 17.4 Å². The molecule has 0 amide bonds. The second kappa shape index (κ2) is 5.42. The third kappa shape index (κ3) is 2.89. The molecular weight excluding hydrogens is 206 g/mol. The zero-order chi connectivity index (χ0) is 10.5. The summed E-state index contributed by atoms with van der Waals surface area (Å²) in [5.74, 6) is 2.47. The van der Waals surface area contributed by atoms with E-state index >= 15 is 0 Å². The van der Waals surface area contributed by atoms with Gasteiger partial charge in [0.25, 0.3) is 0 Å². The van der Waals surface area contributed by atoms with E-state index in [0.29, 0.717) is 6.04 Å². The maximum absolute atomic E-state index is 9.20. The molecule has 0 unspecified atom stereocenters. The number of hydrogen-bond donors (Lipinski definition) is 2. The summed E-state index contributed by atoms with van der Waals surface area (Å²) < 4.78 is 0. The molecule has 1 aromatic carbocycles. The summed E-state index contributed by atoms with van der Waals surface area (Å²) >= 11 is 2.01. The molecule has 3 heteroatoms. The van der Waals surface area contributed by atoms with E-state index in [1.54, 1.807) is 0 Å². The number of para-hydroxylation sites is 1. The molecule has 82 valence electrons. The smallest absolute Gasteiger partial charge is 0.0701 e. The van der Waals surface area contributed by atoms with Gasteiger partial charge in [-0.3, -0.25) is 0 Å². The summed E-state index contributed by atoms with van der Waals surface area (Å²) in [4.78, 5) is 0. The highest BCUT2D eigenvalue weighted by Gasteiger charge is 2.14. The largest absolute Gasteiger partial charge is 0.392 e. The first-order chi connectivity index (χ1) is 7.40. The quantitative estimate of drug-likeness (QED) is 0.825. The van der Waals surface area contributed by atoms with Crippen LogP contribution in [0.5, 0.6) is 0 Å². The Morgan fingerprint density at radius 1 is 1.40 bits per heavy atom. The number of aliphatic hydroxyl groups is 1. The van der Waals surface area contributed by atoms with Crippen LogP contribution in [0.3, 0.4) is 0 Å². The van der Waals surface area contributed by atoms with Gasteiger partial charge in [0.1, 0.15) is 0 Å². The highest BCUT2D eigenvalue weighted by molar-refractivity contribution is 7.99. The first-order valence-electron chi connectivity index (χ1n) is 5.43. The molecule has 1 aliphatic rings. The van der Waals surface area contributed by atoms with Gasteiger partial charge in [-0.2, -0.15) is 11.8 Å². The minimum absolute atomic E-state index is 0.114. The molecule has 0 aliphatic carbocycles. The molecule has 1 atom stereocenters. The molecule has 0 radical (unpaired) electrons. The van der Waals surface area contributed by atoms with Crippen LogP contribution >= 0.6 is 11.8 Å². The topological polar surface area (TPSA) is 32.3 Å². The molecule has 0 saturated carbocycles. The van der Waals surface area contributed by atoms with Crippen molar-refractivity contribution in [3.8, 4) is 0 Å². The Balaban J connectivity index is 2.02. The summed E-state index contributed by atoms with van der Waals surface area (Å²) in [6.07, 6.45) is 2.54. The van der Waals surface area contributed by atoms with Gasteiger partial charge in [0.05, 0.1) is 6.61 Å². The van der Waals surface area contributed by atoms with E-state index in [9.17, 15) is 5.11 Å². The number of hydrogen-bond acceptors (Lipinski definition) is 3. The number of benzene rings is 1. The van der Waals surface area contributed by atoms with E-state index in [4.69, 9.17) is 0 Å². The summed E-state index contributed by atoms with van der Waals surface area (Å²) in [6, 6.07) is 8.56. The van der Waals surface area contributed by atoms with Gasteiger partial charge in [0, 0.05) is 23.0 Å². The van der Waals surface area contributed by atoms with Gasteiger partial charge in [-0.05, 0) is 24.7 Å². The zero-order valence-electron chi connectivity index (χ0n) is 8.78. The van der Waals surface area contributed by atoms with Crippen LogP contribution in [-0.4, -0.2) is 22.7 Å². The van der Waals surface area contributed by atoms with Crippen LogP contribution < -0.4 is 5.32 Å². The second-order valence-corrected chi connectivity index (χ2v) is 5.02. The van der Waals surface area contributed by atoms with Gasteiger partial charge in [-0.15, -0.1) is 0 Å². The number of nitrogens with one attached hydrogen (secondary N) is 1. The number of rotatable bonds is 3. The van der Waals surface area contributed by atoms with E-state index in [2.05, 4.69) is 5.32 Å².